The van der Waals surface area contributed by atoms with Gasteiger partial charge in [-0.2, -0.15) is 0 Å². The Balaban J connectivity index is 4.40. The maximum Gasteiger partial charge on any atom is 0.0698 e. The first kappa shape index (κ1) is 12.9. The quantitative estimate of drug-likeness (QED) is 0.670. The van der Waals surface area contributed by atoms with E-state index < -0.39 is 0 Å². The van der Waals surface area contributed by atoms with Gasteiger partial charge in [0.25, 0.3) is 0 Å². The highest BCUT2D eigenvalue weighted by molar-refractivity contribution is 4.82. The minimum atomic E-state index is 0.216. The zero-order valence-corrected chi connectivity index (χ0v) is 10.2. The third-order valence-corrected chi connectivity index (χ3v) is 2.89. The van der Waals surface area contributed by atoms with Gasteiger partial charge < -0.3 is 4.74 Å². The molecule has 2 atom stereocenters. The average Bonchev–Trinajstić information content (AvgIpc) is 2.03. The molecule has 0 aliphatic carbocycles. The van der Waals surface area contributed by atoms with Crippen LogP contribution in [0.3, 0.4) is 0 Å². The SMILES string of the molecule is CCC(C(C)OC)N(C)C(C)(C)C. The van der Waals surface area contributed by atoms with E-state index in [1.807, 2.05) is 0 Å². The molecule has 0 radical (unpaired) electrons. The fourth-order valence-electron chi connectivity index (χ4n) is 1.58. The predicted molar refractivity (Wildman–Crippen MR) is 58.1 cm³/mol. The molecule has 0 rings (SSSR count). The fraction of sp³-hybridized carbons (Fsp3) is 1.00. The molecule has 0 aliphatic rings. The van der Waals surface area contributed by atoms with Crippen LogP contribution in [0.2, 0.25) is 0 Å². The first-order valence-corrected chi connectivity index (χ1v) is 5.10. The minimum Gasteiger partial charge on any atom is -0.380 e. The number of ether oxygens (including phenoxy) is 1. The molecule has 0 saturated carbocycles. The van der Waals surface area contributed by atoms with E-state index in [1.165, 1.54) is 0 Å². The molecular formula is C11H25NO. The lowest BCUT2D eigenvalue weighted by molar-refractivity contribution is -0.00108. The number of rotatable bonds is 4. The Morgan fingerprint density at radius 2 is 1.77 bits per heavy atom. The van der Waals surface area contributed by atoms with Gasteiger partial charge in [-0.3, -0.25) is 4.90 Å². The summed E-state index contributed by atoms with van der Waals surface area (Å²) in [6, 6.07) is 0.505. The number of nitrogens with zero attached hydrogens (tertiary/aromatic N) is 1. The van der Waals surface area contributed by atoms with Crippen molar-refractivity contribution in [2.75, 3.05) is 14.2 Å². The van der Waals surface area contributed by atoms with Crippen LogP contribution in [0, 0.1) is 0 Å². The van der Waals surface area contributed by atoms with Gasteiger partial charge in [-0.05, 0) is 41.2 Å². The van der Waals surface area contributed by atoms with Crippen LogP contribution in [0.5, 0.6) is 0 Å². The van der Waals surface area contributed by atoms with Crippen molar-refractivity contribution >= 4 is 0 Å². The minimum absolute atomic E-state index is 0.216. The number of hydrogen-bond donors (Lipinski definition) is 0. The molecule has 0 fully saturated rings. The van der Waals surface area contributed by atoms with Crippen LogP contribution in [0.25, 0.3) is 0 Å². The first-order chi connectivity index (χ1) is 5.84. The molecule has 13 heavy (non-hydrogen) atoms. The summed E-state index contributed by atoms with van der Waals surface area (Å²) in [6.07, 6.45) is 1.43. The van der Waals surface area contributed by atoms with Crippen LogP contribution in [0.1, 0.15) is 41.0 Å². The Labute approximate surface area is 83.3 Å². The molecule has 0 bridgehead atoms. The lowest BCUT2D eigenvalue weighted by Gasteiger charge is -2.40. The molecule has 0 saturated heterocycles. The van der Waals surface area contributed by atoms with Crippen LogP contribution in [0.4, 0.5) is 0 Å². The van der Waals surface area contributed by atoms with Gasteiger partial charge in [0.2, 0.25) is 0 Å². The summed E-state index contributed by atoms with van der Waals surface area (Å²) in [5, 5.41) is 0. The molecule has 2 nitrogen and oxygen atoms in total. The zero-order valence-electron chi connectivity index (χ0n) is 10.2. The molecule has 80 valence electrons. The predicted octanol–water partition coefficient (Wildman–Crippen LogP) is 2.53. The summed E-state index contributed by atoms with van der Waals surface area (Å²) in [5.41, 5.74) is 0.216. The molecule has 0 amide bonds. The van der Waals surface area contributed by atoms with E-state index in [1.54, 1.807) is 7.11 Å². The van der Waals surface area contributed by atoms with Gasteiger partial charge in [-0.25, -0.2) is 0 Å². The van der Waals surface area contributed by atoms with E-state index in [9.17, 15) is 0 Å². The van der Waals surface area contributed by atoms with Crippen molar-refractivity contribution in [3.63, 3.8) is 0 Å². The molecule has 0 aromatic carbocycles. The molecule has 0 aromatic heterocycles. The second-order valence-corrected chi connectivity index (χ2v) is 4.70. The summed E-state index contributed by atoms with van der Waals surface area (Å²) in [5.74, 6) is 0. The Bertz CT molecular complexity index is 140. The number of methoxy groups -OCH3 is 1. The topological polar surface area (TPSA) is 12.5 Å². The van der Waals surface area contributed by atoms with E-state index in [0.29, 0.717) is 12.1 Å². The second kappa shape index (κ2) is 4.97. The molecule has 0 heterocycles. The van der Waals surface area contributed by atoms with Gasteiger partial charge in [0, 0.05) is 18.7 Å². The standard InChI is InChI=1S/C11H25NO/c1-8-10(9(2)13-7)12(6)11(3,4)5/h9-10H,8H2,1-7H3. The highest BCUT2D eigenvalue weighted by atomic mass is 16.5. The molecule has 0 aliphatic heterocycles. The van der Waals surface area contributed by atoms with E-state index in [-0.39, 0.29) is 5.54 Å². The van der Waals surface area contributed by atoms with E-state index in [2.05, 4.69) is 46.6 Å². The summed E-state index contributed by atoms with van der Waals surface area (Å²) >= 11 is 0. The Morgan fingerprint density at radius 1 is 1.31 bits per heavy atom. The van der Waals surface area contributed by atoms with Crippen molar-refractivity contribution in [1.29, 1.82) is 0 Å². The zero-order chi connectivity index (χ0) is 10.6. The van der Waals surface area contributed by atoms with Crippen molar-refractivity contribution in [1.82, 2.24) is 4.90 Å². The third kappa shape index (κ3) is 3.65. The fourth-order valence-corrected chi connectivity index (χ4v) is 1.58. The monoisotopic (exact) mass is 187 g/mol. The van der Waals surface area contributed by atoms with Gasteiger partial charge in [0.15, 0.2) is 0 Å². The van der Waals surface area contributed by atoms with Gasteiger partial charge in [0.1, 0.15) is 0 Å². The van der Waals surface area contributed by atoms with Crippen molar-refractivity contribution in [2.24, 2.45) is 0 Å². The number of likely N-dealkylation sites (N-methyl/N-ethyl adjacent to an activating group) is 1. The maximum atomic E-state index is 5.38. The van der Waals surface area contributed by atoms with Crippen molar-refractivity contribution < 1.29 is 4.74 Å². The molecular weight excluding hydrogens is 162 g/mol. The average molecular weight is 187 g/mol. The summed E-state index contributed by atoms with van der Waals surface area (Å²) in [4.78, 5) is 2.39. The van der Waals surface area contributed by atoms with Gasteiger partial charge in [-0.15, -0.1) is 0 Å². The Kier molecular flexibility index (Phi) is 4.93. The van der Waals surface area contributed by atoms with Crippen LogP contribution in [-0.2, 0) is 4.74 Å². The molecule has 2 heteroatoms. The van der Waals surface area contributed by atoms with Crippen LogP contribution in [-0.4, -0.2) is 36.7 Å². The van der Waals surface area contributed by atoms with Gasteiger partial charge in [-0.1, -0.05) is 6.92 Å². The van der Waals surface area contributed by atoms with Crippen LogP contribution < -0.4 is 0 Å². The summed E-state index contributed by atoms with van der Waals surface area (Å²) in [7, 11) is 3.95. The summed E-state index contributed by atoms with van der Waals surface area (Å²) in [6.45, 7) is 11.0. The largest absolute Gasteiger partial charge is 0.380 e. The Morgan fingerprint density at radius 3 is 2.00 bits per heavy atom. The van der Waals surface area contributed by atoms with E-state index >= 15 is 0 Å². The highest BCUT2D eigenvalue weighted by Crippen LogP contribution is 2.19. The van der Waals surface area contributed by atoms with Gasteiger partial charge in [0.05, 0.1) is 6.10 Å². The van der Waals surface area contributed by atoms with E-state index in [4.69, 9.17) is 4.74 Å². The van der Waals surface area contributed by atoms with Crippen LogP contribution >= 0.6 is 0 Å². The maximum absolute atomic E-state index is 5.38. The molecule has 2 unspecified atom stereocenters. The Hall–Kier alpha value is -0.0800. The smallest absolute Gasteiger partial charge is 0.0698 e. The van der Waals surface area contributed by atoms with Crippen molar-refractivity contribution in [3.05, 3.63) is 0 Å². The molecule has 0 spiro atoms. The normalized spacial score (nSPS) is 17.5. The first-order valence-electron chi connectivity index (χ1n) is 5.10. The highest BCUT2D eigenvalue weighted by Gasteiger charge is 2.27. The molecule has 0 aromatic rings. The van der Waals surface area contributed by atoms with Crippen molar-refractivity contribution in [2.45, 2.75) is 58.7 Å². The molecule has 0 N–H and O–H groups in total. The van der Waals surface area contributed by atoms with Crippen molar-refractivity contribution in [3.8, 4) is 0 Å². The number of hydrogen-bond acceptors (Lipinski definition) is 2. The summed E-state index contributed by atoms with van der Waals surface area (Å²) < 4.78 is 5.38. The van der Waals surface area contributed by atoms with E-state index in [0.717, 1.165) is 6.42 Å². The lowest BCUT2D eigenvalue weighted by atomic mass is 10.00. The second-order valence-electron chi connectivity index (χ2n) is 4.70. The van der Waals surface area contributed by atoms with Crippen LogP contribution in [0.15, 0.2) is 0 Å². The lowest BCUT2D eigenvalue weighted by Crippen LogP contribution is -2.50. The third-order valence-electron chi connectivity index (χ3n) is 2.89. The van der Waals surface area contributed by atoms with Gasteiger partial charge >= 0.3 is 0 Å².